The summed E-state index contributed by atoms with van der Waals surface area (Å²) in [7, 11) is 0. The number of benzene rings is 1. The highest BCUT2D eigenvalue weighted by Gasteiger charge is 2.44. The van der Waals surface area contributed by atoms with E-state index in [1.807, 2.05) is 24.3 Å². The average Bonchev–Trinajstić information content (AvgIpc) is 2.70. The second-order valence-corrected chi connectivity index (χ2v) is 7.33. The van der Waals surface area contributed by atoms with E-state index in [0.29, 0.717) is 12.4 Å². The van der Waals surface area contributed by atoms with Gasteiger partial charge in [-0.15, -0.1) is 0 Å². The van der Waals surface area contributed by atoms with Crippen molar-refractivity contribution in [2.75, 3.05) is 52.5 Å². The molecule has 6 heteroatoms. The number of piperazine rings is 1. The Kier molecular flexibility index (Phi) is 7.14. The number of hydrogen-bond acceptors (Lipinski definition) is 6. The molecule has 0 bridgehead atoms. The van der Waals surface area contributed by atoms with E-state index in [-0.39, 0.29) is 6.61 Å². The van der Waals surface area contributed by atoms with Crippen LogP contribution < -0.4 is 15.2 Å². The molecule has 0 radical (unpaired) electrons. The molecule has 0 aromatic heterocycles. The number of aliphatic hydroxyl groups excluding tert-OH is 1. The smallest absolute Gasteiger partial charge is 0.220 e. The zero-order chi connectivity index (χ0) is 18.2. The molecule has 0 aliphatic carbocycles. The quantitative estimate of drug-likeness (QED) is 0.651. The van der Waals surface area contributed by atoms with E-state index in [9.17, 15) is 5.11 Å². The first kappa shape index (κ1) is 19.4. The minimum absolute atomic E-state index is 0.0670. The summed E-state index contributed by atoms with van der Waals surface area (Å²) in [5.74, 6) is 1.47. The number of para-hydroxylation sites is 2. The molecule has 0 spiro atoms. The third-order valence-corrected chi connectivity index (χ3v) is 5.48. The van der Waals surface area contributed by atoms with Gasteiger partial charge in [0.2, 0.25) is 5.72 Å². The van der Waals surface area contributed by atoms with E-state index < -0.39 is 5.72 Å². The van der Waals surface area contributed by atoms with E-state index in [4.69, 9.17) is 15.2 Å². The molecule has 1 unspecified atom stereocenters. The summed E-state index contributed by atoms with van der Waals surface area (Å²) in [5.41, 5.74) is 4.77. The number of unbranched alkanes of at least 4 members (excludes halogenated alkanes) is 4. The molecule has 0 saturated carbocycles. The molecule has 3 rings (SSSR count). The van der Waals surface area contributed by atoms with Gasteiger partial charge in [-0.3, -0.25) is 4.90 Å². The van der Waals surface area contributed by atoms with E-state index in [0.717, 1.165) is 51.4 Å². The van der Waals surface area contributed by atoms with Crippen LogP contribution in [-0.4, -0.2) is 73.1 Å². The van der Waals surface area contributed by atoms with Crippen LogP contribution in [0, 0.1) is 0 Å². The van der Waals surface area contributed by atoms with Gasteiger partial charge in [0, 0.05) is 26.2 Å². The van der Waals surface area contributed by atoms with Gasteiger partial charge < -0.3 is 25.2 Å². The SMILES string of the molecule is NCCCCCCCN1CCN(C2(CO)COc3ccccc3O2)CC1. The first-order valence-electron chi connectivity index (χ1n) is 9.96. The summed E-state index contributed by atoms with van der Waals surface area (Å²) >= 11 is 0. The van der Waals surface area contributed by atoms with Crippen LogP contribution in [0.4, 0.5) is 0 Å². The van der Waals surface area contributed by atoms with Crippen molar-refractivity contribution in [1.29, 1.82) is 0 Å². The fourth-order valence-corrected chi connectivity index (χ4v) is 3.80. The number of hydrogen-bond donors (Lipinski definition) is 2. The largest absolute Gasteiger partial charge is 0.484 e. The molecule has 1 aromatic carbocycles. The van der Waals surface area contributed by atoms with Crippen molar-refractivity contribution in [3.8, 4) is 11.5 Å². The highest BCUT2D eigenvalue weighted by molar-refractivity contribution is 5.41. The molecule has 0 amide bonds. The molecule has 1 atom stereocenters. The maximum atomic E-state index is 10.1. The van der Waals surface area contributed by atoms with Crippen LogP contribution in [0.15, 0.2) is 24.3 Å². The van der Waals surface area contributed by atoms with Gasteiger partial charge in [-0.1, -0.05) is 31.4 Å². The molecule has 1 saturated heterocycles. The molecule has 2 aliphatic heterocycles. The maximum Gasteiger partial charge on any atom is 0.220 e. The second-order valence-electron chi connectivity index (χ2n) is 7.33. The lowest BCUT2D eigenvalue weighted by Crippen LogP contribution is -2.65. The summed E-state index contributed by atoms with van der Waals surface area (Å²) in [6.45, 7) is 6.06. The van der Waals surface area contributed by atoms with Gasteiger partial charge in [0.1, 0.15) is 13.2 Å². The predicted octanol–water partition coefficient (Wildman–Crippen LogP) is 1.67. The van der Waals surface area contributed by atoms with Crippen LogP contribution in [0.3, 0.4) is 0 Å². The standard InChI is InChI=1S/C20H33N3O3/c21-10-6-2-1-3-7-11-22-12-14-23(15-13-22)20(16-24)17-25-18-8-4-5-9-19(18)26-20/h4-5,8-9,24H,1-3,6-7,10-17,21H2. The molecule has 2 heterocycles. The molecule has 26 heavy (non-hydrogen) atoms. The zero-order valence-electron chi connectivity index (χ0n) is 15.7. The number of aliphatic hydroxyl groups is 1. The number of fused-ring (bicyclic) bond motifs is 1. The van der Waals surface area contributed by atoms with Crippen LogP contribution in [-0.2, 0) is 0 Å². The Balaban J connectivity index is 1.45. The highest BCUT2D eigenvalue weighted by atomic mass is 16.6. The van der Waals surface area contributed by atoms with Gasteiger partial charge in [0.15, 0.2) is 11.5 Å². The van der Waals surface area contributed by atoms with Gasteiger partial charge in [0.25, 0.3) is 0 Å². The number of nitrogens with zero attached hydrogens (tertiary/aromatic N) is 2. The first-order valence-corrected chi connectivity index (χ1v) is 9.96. The molecule has 3 N–H and O–H groups in total. The van der Waals surface area contributed by atoms with Gasteiger partial charge >= 0.3 is 0 Å². The van der Waals surface area contributed by atoms with E-state index in [2.05, 4.69) is 9.80 Å². The Morgan fingerprint density at radius 3 is 2.38 bits per heavy atom. The Morgan fingerprint density at radius 2 is 1.65 bits per heavy atom. The summed E-state index contributed by atoms with van der Waals surface area (Å²) in [6.07, 6.45) is 6.22. The average molecular weight is 364 g/mol. The van der Waals surface area contributed by atoms with E-state index >= 15 is 0 Å². The zero-order valence-corrected chi connectivity index (χ0v) is 15.7. The van der Waals surface area contributed by atoms with E-state index in [1.54, 1.807) is 0 Å². The lowest BCUT2D eigenvalue weighted by Gasteiger charge is -2.47. The minimum Gasteiger partial charge on any atom is -0.484 e. The molecular formula is C20H33N3O3. The van der Waals surface area contributed by atoms with Crippen molar-refractivity contribution in [1.82, 2.24) is 9.80 Å². The van der Waals surface area contributed by atoms with Gasteiger partial charge in [0.05, 0.1) is 0 Å². The van der Waals surface area contributed by atoms with Crippen molar-refractivity contribution in [2.24, 2.45) is 5.73 Å². The van der Waals surface area contributed by atoms with Crippen LogP contribution in [0.25, 0.3) is 0 Å². The molecular weight excluding hydrogens is 330 g/mol. The van der Waals surface area contributed by atoms with E-state index in [1.165, 1.54) is 25.7 Å². The summed E-state index contributed by atoms with van der Waals surface area (Å²) in [6, 6.07) is 7.67. The number of ether oxygens (including phenoxy) is 2. The predicted molar refractivity (Wildman–Crippen MR) is 103 cm³/mol. The Morgan fingerprint density at radius 1 is 0.962 bits per heavy atom. The van der Waals surface area contributed by atoms with Crippen molar-refractivity contribution >= 4 is 0 Å². The van der Waals surface area contributed by atoms with Crippen LogP contribution >= 0.6 is 0 Å². The highest BCUT2D eigenvalue weighted by Crippen LogP contribution is 2.36. The summed E-state index contributed by atoms with van der Waals surface area (Å²) in [5, 5.41) is 10.1. The Hall–Kier alpha value is -1.34. The maximum absolute atomic E-state index is 10.1. The first-order chi connectivity index (χ1) is 12.8. The third-order valence-electron chi connectivity index (χ3n) is 5.48. The topological polar surface area (TPSA) is 71.2 Å². The second kappa shape index (κ2) is 9.55. The molecule has 1 aromatic rings. The number of rotatable bonds is 9. The fourth-order valence-electron chi connectivity index (χ4n) is 3.80. The molecule has 146 valence electrons. The van der Waals surface area contributed by atoms with Gasteiger partial charge in [-0.05, 0) is 38.1 Å². The summed E-state index contributed by atoms with van der Waals surface area (Å²) in [4.78, 5) is 4.75. The summed E-state index contributed by atoms with van der Waals surface area (Å²) < 4.78 is 12.1. The lowest BCUT2D eigenvalue weighted by atomic mass is 10.1. The van der Waals surface area contributed by atoms with Crippen molar-refractivity contribution in [3.05, 3.63) is 24.3 Å². The lowest BCUT2D eigenvalue weighted by molar-refractivity contribution is -0.163. The molecule has 2 aliphatic rings. The fraction of sp³-hybridized carbons (Fsp3) is 0.700. The molecule has 6 nitrogen and oxygen atoms in total. The van der Waals surface area contributed by atoms with Crippen molar-refractivity contribution in [3.63, 3.8) is 0 Å². The normalized spacial score (nSPS) is 23.9. The van der Waals surface area contributed by atoms with Crippen LogP contribution in [0.1, 0.15) is 32.1 Å². The van der Waals surface area contributed by atoms with Gasteiger partial charge in [-0.2, -0.15) is 0 Å². The van der Waals surface area contributed by atoms with Crippen molar-refractivity contribution < 1.29 is 14.6 Å². The van der Waals surface area contributed by atoms with Crippen LogP contribution in [0.2, 0.25) is 0 Å². The molecule has 1 fully saturated rings. The Bertz CT molecular complexity index is 549. The number of nitrogens with two attached hydrogens (primary N) is 1. The minimum atomic E-state index is -0.761. The van der Waals surface area contributed by atoms with Crippen LogP contribution in [0.5, 0.6) is 11.5 Å². The third kappa shape index (κ3) is 4.68. The Labute approximate surface area is 156 Å². The van der Waals surface area contributed by atoms with Gasteiger partial charge in [-0.25, -0.2) is 0 Å². The monoisotopic (exact) mass is 363 g/mol. The van der Waals surface area contributed by atoms with Crippen molar-refractivity contribution in [2.45, 2.75) is 37.8 Å².